The summed E-state index contributed by atoms with van der Waals surface area (Å²) in [6.07, 6.45) is 18.4. The Morgan fingerprint density at radius 1 is 0.621 bits per heavy atom. The van der Waals surface area contributed by atoms with E-state index in [4.69, 9.17) is 18.9 Å². The quantitative estimate of drug-likeness (QED) is 0.0359. The second-order valence-corrected chi connectivity index (χ2v) is 15.5. The van der Waals surface area contributed by atoms with Crippen LogP contribution < -0.4 is 5.32 Å². The average molecular weight is 828 g/mol. The first-order chi connectivity index (χ1) is 28.1. The molecule has 0 aromatic carbocycles. The summed E-state index contributed by atoms with van der Waals surface area (Å²) in [7, 11) is 0. The highest BCUT2D eigenvalue weighted by Crippen LogP contribution is 2.29. The largest absolute Gasteiger partial charge is 0.394 e. The van der Waals surface area contributed by atoms with Gasteiger partial charge in [-0.1, -0.05) is 120 Å². The van der Waals surface area contributed by atoms with Gasteiger partial charge in [0.05, 0.1) is 32.0 Å². The number of aliphatic hydroxyl groups excluding tert-OH is 8. The van der Waals surface area contributed by atoms with E-state index in [9.17, 15) is 45.6 Å². The predicted molar refractivity (Wildman–Crippen MR) is 221 cm³/mol. The molecule has 2 aliphatic rings. The number of hydrogen-bond donors (Lipinski definition) is 9. The number of carbonyl (C=O) groups excluding carboxylic acids is 1. The number of amides is 1. The monoisotopic (exact) mass is 828 g/mol. The van der Waals surface area contributed by atoms with Gasteiger partial charge in [0.25, 0.3) is 0 Å². The first-order valence-electron chi connectivity index (χ1n) is 21.9. The van der Waals surface area contributed by atoms with Gasteiger partial charge in [-0.3, -0.25) is 4.79 Å². The van der Waals surface area contributed by atoms with E-state index >= 15 is 0 Å². The summed E-state index contributed by atoms with van der Waals surface area (Å²) in [5.74, 6) is -0.268. The normalized spacial score (nSPS) is 29.3. The van der Waals surface area contributed by atoms with E-state index in [1.165, 1.54) is 38.5 Å². The van der Waals surface area contributed by atoms with Gasteiger partial charge in [-0.05, 0) is 51.4 Å². The van der Waals surface area contributed by atoms with E-state index in [0.717, 1.165) is 57.8 Å². The van der Waals surface area contributed by atoms with E-state index in [1.54, 1.807) is 12.2 Å². The molecule has 2 aliphatic heterocycles. The number of rotatable bonds is 31. The summed E-state index contributed by atoms with van der Waals surface area (Å²) in [6, 6.07) is -0.917. The number of hydrogen-bond acceptors (Lipinski definition) is 13. The molecule has 14 heteroatoms. The Morgan fingerprint density at radius 3 is 1.78 bits per heavy atom. The number of unbranched alkanes of at least 4 members (excludes halogenated alkanes) is 12. The highest BCUT2D eigenvalue weighted by Gasteiger charge is 2.50. The summed E-state index contributed by atoms with van der Waals surface area (Å²) in [4.78, 5) is 12.9. The Bertz CT molecular complexity index is 1160. The molecule has 0 bridgehead atoms. The lowest BCUT2D eigenvalue weighted by Crippen LogP contribution is -2.65. The van der Waals surface area contributed by atoms with Crippen molar-refractivity contribution in [1.29, 1.82) is 0 Å². The second kappa shape index (κ2) is 31.8. The lowest BCUT2D eigenvalue weighted by Gasteiger charge is -2.46. The minimum Gasteiger partial charge on any atom is -0.394 e. The van der Waals surface area contributed by atoms with E-state index in [1.807, 2.05) is 6.92 Å². The first kappa shape index (κ1) is 52.1. The third-order valence-electron chi connectivity index (χ3n) is 10.5. The zero-order valence-corrected chi connectivity index (χ0v) is 35.0. The molecular formula is C44H77NO13. The molecule has 14 nitrogen and oxygen atoms in total. The molecule has 12 atom stereocenters. The van der Waals surface area contributed by atoms with Gasteiger partial charge in [-0.25, -0.2) is 0 Å². The molecule has 0 aliphatic carbocycles. The van der Waals surface area contributed by atoms with Crippen LogP contribution in [0.2, 0.25) is 0 Å². The molecule has 0 spiro atoms. The maximum atomic E-state index is 12.9. The van der Waals surface area contributed by atoms with E-state index in [-0.39, 0.29) is 18.9 Å². The van der Waals surface area contributed by atoms with Crippen LogP contribution >= 0.6 is 0 Å². The molecule has 9 N–H and O–H groups in total. The van der Waals surface area contributed by atoms with Crippen molar-refractivity contribution in [2.75, 3.05) is 19.8 Å². The van der Waals surface area contributed by atoms with Crippen molar-refractivity contribution in [1.82, 2.24) is 5.32 Å². The maximum Gasteiger partial charge on any atom is 0.220 e. The molecule has 2 rings (SSSR count). The van der Waals surface area contributed by atoms with Crippen LogP contribution in [0.1, 0.15) is 129 Å². The third kappa shape index (κ3) is 20.0. The molecule has 0 radical (unpaired) electrons. The Balaban J connectivity index is 1.72. The summed E-state index contributed by atoms with van der Waals surface area (Å²) in [6.45, 7) is 2.50. The van der Waals surface area contributed by atoms with Crippen LogP contribution in [0.4, 0.5) is 0 Å². The van der Waals surface area contributed by atoms with Crippen LogP contribution in [0.15, 0.2) is 48.6 Å². The Labute approximate surface area is 346 Å². The minimum absolute atomic E-state index is 0.262. The van der Waals surface area contributed by atoms with Crippen LogP contribution in [0, 0.1) is 0 Å². The SMILES string of the molecule is CCC/C=C/C(O)C(COC1OC(CO)C(OC2OC(CO)C(O)C(O)C2O)C(O)C1O)NC(=O)CCCCCCCC/C=C\C/C=C\C/C=C\CCCCCCC. The van der Waals surface area contributed by atoms with E-state index in [0.29, 0.717) is 12.8 Å². The number of nitrogens with one attached hydrogen (secondary N) is 1. The van der Waals surface area contributed by atoms with Gasteiger partial charge in [-0.2, -0.15) is 0 Å². The van der Waals surface area contributed by atoms with E-state index in [2.05, 4.69) is 48.7 Å². The van der Waals surface area contributed by atoms with E-state index < -0.39 is 86.8 Å². The van der Waals surface area contributed by atoms with Crippen molar-refractivity contribution in [3.05, 3.63) is 48.6 Å². The lowest BCUT2D eigenvalue weighted by molar-refractivity contribution is -0.359. The van der Waals surface area contributed by atoms with Gasteiger partial charge in [0.15, 0.2) is 12.6 Å². The molecule has 2 saturated heterocycles. The first-order valence-corrected chi connectivity index (χ1v) is 21.9. The highest BCUT2D eigenvalue weighted by molar-refractivity contribution is 5.76. The van der Waals surface area contributed by atoms with Gasteiger partial charge < -0.3 is 65.1 Å². The standard InChI is InChI=1S/C44H77NO13/c1-3-5-7-8-9-10-11-12-13-14-15-16-17-18-19-20-21-22-23-24-26-28-36(49)45-32(33(48)27-25-6-4-2)31-55-43-41(54)39(52)42(35(30-47)57-43)58-44-40(53)38(51)37(50)34(29-46)56-44/h11-12,14-15,17-18,25,27,32-35,37-44,46-48,50-54H,3-10,13,16,19-24,26,28-31H2,1-2H3,(H,45,49)/b12-11-,15-14-,18-17-,27-25+. The van der Waals surface area contributed by atoms with Crippen molar-refractivity contribution in [3.8, 4) is 0 Å². The summed E-state index contributed by atoms with van der Waals surface area (Å²) in [5.41, 5.74) is 0. The smallest absolute Gasteiger partial charge is 0.220 e. The van der Waals surface area contributed by atoms with Crippen molar-refractivity contribution in [2.45, 2.75) is 203 Å². The number of carbonyl (C=O) groups is 1. The van der Waals surface area contributed by atoms with Crippen LogP contribution in [-0.2, 0) is 23.7 Å². The molecule has 336 valence electrons. The van der Waals surface area contributed by atoms with Gasteiger partial charge >= 0.3 is 0 Å². The zero-order valence-electron chi connectivity index (χ0n) is 35.0. The van der Waals surface area contributed by atoms with Crippen molar-refractivity contribution < 1.29 is 64.6 Å². The Kier molecular flexibility index (Phi) is 28.5. The van der Waals surface area contributed by atoms with Crippen molar-refractivity contribution in [2.24, 2.45) is 0 Å². The molecule has 12 unspecified atom stereocenters. The minimum atomic E-state index is -1.79. The predicted octanol–water partition coefficient (Wildman–Crippen LogP) is 3.76. The fourth-order valence-corrected chi connectivity index (χ4v) is 6.83. The fourth-order valence-electron chi connectivity index (χ4n) is 6.83. The number of aliphatic hydroxyl groups is 8. The third-order valence-corrected chi connectivity index (χ3v) is 10.5. The Hall–Kier alpha value is -2.05. The summed E-state index contributed by atoms with van der Waals surface area (Å²) in [5, 5.41) is 85.6. The zero-order chi connectivity index (χ0) is 42.5. The molecule has 1 amide bonds. The maximum absolute atomic E-state index is 12.9. The summed E-state index contributed by atoms with van der Waals surface area (Å²) >= 11 is 0. The van der Waals surface area contributed by atoms with Gasteiger partial charge in [0.1, 0.15) is 48.8 Å². The van der Waals surface area contributed by atoms with Crippen LogP contribution in [0.25, 0.3) is 0 Å². The molecular weight excluding hydrogens is 750 g/mol. The van der Waals surface area contributed by atoms with Crippen LogP contribution in [0.3, 0.4) is 0 Å². The number of ether oxygens (including phenoxy) is 4. The highest BCUT2D eigenvalue weighted by atomic mass is 16.7. The number of allylic oxidation sites excluding steroid dienone is 7. The molecule has 2 heterocycles. The van der Waals surface area contributed by atoms with Crippen LogP contribution in [0.5, 0.6) is 0 Å². The topological polar surface area (TPSA) is 228 Å². The molecule has 0 saturated carbocycles. The van der Waals surface area contributed by atoms with Gasteiger partial charge in [0, 0.05) is 6.42 Å². The fraction of sp³-hybridized carbons (Fsp3) is 0.795. The van der Waals surface area contributed by atoms with Crippen molar-refractivity contribution in [3.63, 3.8) is 0 Å². The molecule has 58 heavy (non-hydrogen) atoms. The summed E-state index contributed by atoms with van der Waals surface area (Å²) < 4.78 is 22.4. The average Bonchev–Trinajstić information content (AvgIpc) is 3.22. The molecule has 0 aromatic heterocycles. The molecule has 0 aromatic rings. The van der Waals surface area contributed by atoms with Gasteiger partial charge in [-0.15, -0.1) is 0 Å². The van der Waals surface area contributed by atoms with Gasteiger partial charge in [0.2, 0.25) is 5.91 Å². The van der Waals surface area contributed by atoms with Crippen LogP contribution in [-0.4, -0.2) is 140 Å². The molecule has 2 fully saturated rings. The van der Waals surface area contributed by atoms with Crippen molar-refractivity contribution >= 4 is 5.91 Å². The second-order valence-electron chi connectivity index (χ2n) is 15.5. The Morgan fingerprint density at radius 2 is 1.17 bits per heavy atom. The lowest BCUT2D eigenvalue weighted by atomic mass is 9.97.